The molecule has 2 amide bonds. The number of hydrogen-bond acceptors (Lipinski definition) is 6. The predicted molar refractivity (Wildman–Crippen MR) is 94.0 cm³/mol. The summed E-state index contributed by atoms with van der Waals surface area (Å²) in [5.41, 5.74) is -1.51. The molecule has 1 atom stereocenters. The lowest BCUT2D eigenvalue weighted by molar-refractivity contribution is -0.151. The Morgan fingerprint density at radius 3 is 2.46 bits per heavy atom. The molecule has 1 aliphatic rings. The Morgan fingerprint density at radius 1 is 1.19 bits per heavy atom. The highest BCUT2D eigenvalue weighted by Crippen LogP contribution is 2.25. The Balaban J connectivity index is 2.02. The number of methoxy groups -OCH3 is 1. The summed E-state index contributed by atoms with van der Waals surface area (Å²) in [6, 6.07) is 4.49. The standard InChI is InChI=1S/C16H18Cl2N2O6/c1-24-13(21)3-2-4-19-14(22)16(8-25-9-26-16)15(23)20-12-6-10(17)5-11(18)7-12/h5-7H,2-4,8-9H2,1H3,(H,19,22)(H,20,23). The van der Waals surface area contributed by atoms with E-state index in [0.29, 0.717) is 22.2 Å². The van der Waals surface area contributed by atoms with Gasteiger partial charge in [-0.05, 0) is 24.6 Å². The fourth-order valence-electron chi connectivity index (χ4n) is 2.27. The number of nitrogens with one attached hydrogen (secondary N) is 2. The molecule has 0 spiro atoms. The van der Waals surface area contributed by atoms with Crippen molar-refractivity contribution < 1.29 is 28.6 Å². The largest absolute Gasteiger partial charge is 0.469 e. The maximum absolute atomic E-state index is 12.7. The molecule has 1 fully saturated rings. The normalized spacial score (nSPS) is 19.0. The van der Waals surface area contributed by atoms with Crippen molar-refractivity contribution in [2.24, 2.45) is 0 Å². The molecule has 26 heavy (non-hydrogen) atoms. The molecule has 10 heteroatoms. The van der Waals surface area contributed by atoms with Gasteiger partial charge in [0.1, 0.15) is 6.79 Å². The van der Waals surface area contributed by atoms with Crippen molar-refractivity contribution in [2.75, 3.05) is 32.4 Å². The van der Waals surface area contributed by atoms with Crippen LogP contribution in [0.4, 0.5) is 5.69 Å². The van der Waals surface area contributed by atoms with Gasteiger partial charge in [-0.1, -0.05) is 23.2 Å². The Bertz CT molecular complexity index is 671. The molecule has 1 unspecified atom stereocenters. The van der Waals surface area contributed by atoms with Gasteiger partial charge >= 0.3 is 5.97 Å². The molecule has 0 aromatic heterocycles. The first-order valence-corrected chi connectivity index (χ1v) is 8.47. The number of hydrogen-bond donors (Lipinski definition) is 2. The highest BCUT2D eigenvalue weighted by Gasteiger charge is 2.51. The van der Waals surface area contributed by atoms with Gasteiger partial charge in [-0.2, -0.15) is 0 Å². The molecule has 2 rings (SSSR count). The zero-order chi connectivity index (χ0) is 19.2. The second-order valence-electron chi connectivity index (χ2n) is 5.49. The van der Waals surface area contributed by atoms with Gasteiger partial charge in [0.2, 0.25) is 0 Å². The van der Waals surface area contributed by atoms with Crippen LogP contribution in [0.2, 0.25) is 10.0 Å². The second kappa shape index (κ2) is 9.18. The van der Waals surface area contributed by atoms with Crippen LogP contribution >= 0.6 is 23.2 Å². The van der Waals surface area contributed by atoms with E-state index in [1.54, 1.807) is 0 Å². The van der Waals surface area contributed by atoms with Crippen LogP contribution in [0, 0.1) is 0 Å². The average Bonchev–Trinajstić information content (AvgIpc) is 3.08. The van der Waals surface area contributed by atoms with Crippen molar-refractivity contribution in [3.05, 3.63) is 28.2 Å². The lowest BCUT2D eigenvalue weighted by Crippen LogP contribution is -2.57. The predicted octanol–water partition coefficient (Wildman–Crippen LogP) is 1.74. The highest BCUT2D eigenvalue weighted by molar-refractivity contribution is 6.35. The number of ether oxygens (including phenoxy) is 3. The van der Waals surface area contributed by atoms with E-state index in [1.165, 1.54) is 25.3 Å². The van der Waals surface area contributed by atoms with Gasteiger partial charge in [0.15, 0.2) is 0 Å². The number of benzene rings is 1. The summed E-state index contributed by atoms with van der Waals surface area (Å²) in [7, 11) is 1.28. The molecule has 1 aromatic carbocycles. The van der Waals surface area contributed by atoms with Gasteiger partial charge in [-0.15, -0.1) is 0 Å². The van der Waals surface area contributed by atoms with Crippen molar-refractivity contribution in [1.29, 1.82) is 0 Å². The third-order valence-electron chi connectivity index (χ3n) is 3.62. The number of halogens is 2. The van der Waals surface area contributed by atoms with E-state index in [-0.39, 0.29) is 32.3 Å². The minimum absolute atomic E-state index is 0.147. The lowest BCUT2D eigenvalue weighted by Gasteiger charge is -2.24. The molecule has 0 saturated carbocycles. The summed E-state index contributed by atoms with van der Waals surface area (Å²) in [5.74, 6) is -1.76. The maximum atomic E-state index is 12.7. The summed E-state index contributed by atoms with van der Waals surface area (Å²) < 4.78 is 14.9. The molecule has 1 saturated heterocycles. The monoisotopic (exact) mass is 404 g/mol. The van der Waals surface area contributed by atoms with Crippen molar-refractivity contribution in [3.63, 3.8) is 0 Å². The van der Waals surface area contributed by atoms with E-state index in [0.717, 1.165) is 0 Å². The van der Waals surface area contributed by atoms with Crippen LogP contribution in [0.3, 0.4) is 0 Å². The Kier molecular flexibility index (Phi) is 7.22. The smallest absolute Gasteiger partial charge is 0.305 e. The van der Waals surface area contributed by atoms with Crippen LogP contribution in [0.5, 0.6) is 0 Å². The van der Waals surface area contributed by atoms with Crippen LogP contribution in [-0.2, 0) is 28.6 Å². The molecule has 2 N–H and O–H groups in total. The van der Waals surface area contributed by atoms with Crippen LogP contribution in [-0.4, -0.2) is 50.4 Å². The minimum Gasteiger partial charge on any atom is -0.469 e. The van der Waals surface area contributed by atoms with Crippen molar-refractivity contribution in [2.45, 2.75) is 18.4 Å². The van der Waals surface area contributed by atoms with E-state index >= 15 is 0 Å². The first kappa shape index (κ1) is 20.4. The number of carbonyl (C=O) groups is 3. The molecule has 0 bridgehead atoms. The van der Waals surface area contributed by atoms with Crippen LogP contribution in [0.1, 0.15) is 12.8 Å². The van der Waals surface area contributed by atoms with Crippen LogP contribution in [0.25, 0.3) is 0 Å². The number of rotatable bonds is 7. The third kappa shape index (κ3) is 5.07. The first-order valence-electron chi connectivity index (χ1n) is 7.72. The molecular weight excluding hydrogens is 387 g/mol. The molecule has 8 nitrogen and oxygen atoms in total. The SMILES string of the molecule is COC(=O)CCCNC(=O)C1(C(=O)Nc2cc(Cl)cc(Cl)c2)COCO1. The quantitative estimate of drug-likeness (QED) is 0.407. The summed E-state index contributed by atoms with van der Waals surface area (Å²) in [6.45, 7) is -0.259. The van der Waals surface area contributed by atoms with Gasteiger partial charge in [0.25, 0.3) is 17.4 Å². The molecule has 0 radical (unpaired) electrons. The number of amides is 2. The van der Waals surface area contributed by atoms with Gasteiger partial charge in [-0.3, -0.25) is 14.4 Å². The summed E-state index contributed by atoms with van der Waals surface area (Å²) >= 11 is 11.8. The maximum Gasteiger partial charge on any atom is 0.305 e. The Morgan fingerprint density at radius 2 is 1.88 bits per heavy atom. The van der Waals surface area contributed by atoms with E-state index in [1.807, 2.05) is 0 Å². The fraction of sp³-hybridized carbons (Fsp3) is 0.438. The number of esters is 1. The van der Waals surface area contributed by atoms with Gasteiger partial charge < -0.3 is 24.8 Å². The molecular formula is C16H18Cl2N2O6. The minimum atomic E-state index is -1.83. The summed E-state index contributed by atoms with van der Waals surface area (Å²) in [5, 5.41) is 5.79. The van der Waals surface area contributed by atoms with E-state index < -0.39 is 17.4 Å². The van der Waals surface area contributed by atoms with Gasteiger partial charge in [-0.25, -0.2) is 0 Å². The van der Waals surface area contributed by atoms with E-state index in [2.05, 4.69) is 15.4 Å². The zero-order valence-electron chi connectivity index (χ0n) is 14.0. The van der Waals surface area contributed by atoms with Crippen molar-refractivity contribution >= 4 is 46.7 Å². The topological polar surface area (TPSA) is 103 Å². The molecule has 1 aliphatic heterocycles. The van der Waals surface area contributed by atoms with E-state index in [9.17, 15) is 14.4 Å². The van der Waals surface area contributed by atoms with E-state index in [4.69, 9.17) is 32.7 Å². The average molecular weight is 405 g/mol. The van der Waals surface area contributed by atoms with Crippen molar-refractivity contribution in [3.8, 4) is 0 Å². The number of anilines is 1. The highest BCUT2D eigenvalue weighted by atomic mass is 35.5. The number of carbonyl (C=O) groups excluding carboxylic acids is 3. The summed E-state index contributed by atoms with van der Waals surface area (Å²) in [4.78, 5) is 36.2. The van der Waals surface area contributed by atoms with Crippen LogP contribution in [0.15, 0.2) is 18.2 Å². The lowest BCUT2D eigenvalue weighted by atomic mass is 10.0. The Labute approximate surface area is 160 Å². The molecule has 1 heterocycles. The van der Waals surface area contributed by atoms with Gasteiger partial charge in [0.05, 0.1) is 13.7 Å². The van der Waals surface area contributed by atoms with Crippen LogP contribution < -0.4 is 10.6 Å². The van der Waals surface area contributed by atoms with Gasteiger partial charge in [0, 0.05) is 28.7 Å². The first-order chi connectivity index (χ1) is 12.4. The fourth-order valence-corrected chi connectivity index (χ4v) is 2.80. The second-order valence-corrected chi connectivity index (χ2v) is 6.36. The molecule has 142 valence electrons. The third-order valence-corrected chi connectivity index (χ3v) is 4.06. The van der Waals surface area contributed by atoms with Crippen molar-refractivity contribution in [1.82, 2.24) is 5.32 Å². The summed E-state index contributed by atoms with van der Waals surface area (Å²) in [6.07, 6.45) is 0.509. The Hall–Kier alpha value is -1.87. The zero-order valence-corrected chi connectivity index (χ0v) is 15.5. The molecule has 0 aliphatic carbocycles. The molecule has 1 aromatic rings.